The van der Waals surface area contributed by atoms with E-state index in [0.717, 1.165) is 21.9 Å². The van der Waals surface area contributed by atoms with Gasteiger partial charge in [-0.2, -0.15) is 0 Å². The number of likely N-dealkylation sites (tertiary alicyclic amines) is 1. The number of hydrogen-bond acceptors (Lipinski definition) is 4. The quantitative estimate of drug-likeness (QED) is 0.643. The van der Waals surface area contributed by atoms with E-state index in [-0.39, 0.29) is 17.3 Å². The van der Waals surface area contributed by atoms with Crippen molar-refractivity contribution < 1.29 is 9.90 Å². The number of carbonyl (C=O) groups excluding carboxylic acids is 1. The SMILES string of the molecule is O=C(CSC(=S)N1CCCCC1)c1cc(Br)ccc1O. The van der Waals surface area contributed by atoms with Crippen LogP contribution in [0.4, 0.5) is 0 Å². The molecule has 1 fully saturated rings. The zero-order chi connectivity index (χ0) is 14.5. The Morgan fingerprint density at radius 3 is 2.75 bits per heavy atom. The Morgan fingerprint density at radius 2 is 2.05 bits per heavy atom. The van der Waals surface area contributed by atoms with Gasteiger partial charge in [0.1, 0.15) is 10.1 Å². The van der Waals surface area contributed by atoms with Gasteiger partial charge in [0, 0.05) is 17.6 Å². The highest BCUT2D eigenvalue weighted by Gasteiger charge is 2.17. The van der Waals surface area contributed by atoms with Crippen LogP contribution < -0.4 is 0 Å². The van der Waals surface area contributed by atoms with Gasteiger partial charge >= 0.3 is 0 Å². The molecule has 0 amide bonds. The molecule has 0 aromatic heterocycles. The molecule has 0 spiro atoms. The summed E-state index contributed by atoms with van der Waals surface area (Å²) in [7, 11) is 0. The lowest BCUT2D eigenvalue weighted by molar-refractivity contribution is 0.102. The van der Waals surface area contributed by atoms with E-state index in [4.69, 9.17) is 12.2 Å². The smallest absolute Gasteiger partial charge is 0.176 e. The van der Waals surface area contributed by atoms with Gasteiger partial charge in [0.15, 0.2) is 5.78 Å². The molecule has 20 heavy (non-hydrogen) atoms. The summed E-state index contributed by atoms with van der Waals surface area (Å²) in [5.41, 5.74) is 0.341. The number of thiocarbonyl (C=S) groups is 1. The second-order valence-corrected chi connectivity index (χ2v) is 7.21. The Kier molecular flexibility index (Phi) is 5.86. The second-order valence-electron chi connectivity index (χ2n) is 4.69. The summed E-state index contributed by atoms with van der Waals surface area (Å²) >= 11 is 10.1. The van der Waals surface area contributed by atoms with E-state index in [2.05, 4.69) is 20.8 Å². The van der Waals surface area contributed by atoms with Crippen molar-refractivity contribution in [3.63, 3.8) is 0 Å². The molecule has 1 heterocycles. The molecule has 0 atom stereocenters. The van der Waals surface area contributed by atoms with Crippen LogP contribution in [0.2, 0.25) is 0 Å². The van der Waals surface area contributed by atoms with Gasteiger partial charge in [0.25, 0.3) is 0 Å². The fraction of sp³-hybridized carbons (Fsp3) is 0.429. The number of benzene rings is 1. The maximum atomic E-state index is 12.1. The third kappa shape index (κ3) is 4.20. The van der Waals surface area contributed by atoms with Crippen LogP contribution in [-0.2, 0) is 0 Å². The predicted octanol–water partition coefficient (Wildman–Crippen LogP) is 3.84. The molecule has 0 bridgehead atoms. The standard InChI is InChI=1S/C14H16BrNO2S2/c15-10-4-5-12(17)11(8-10)13(18)9-20-14(19)16-6-2-1-3-7-16/h4-5,8,17H,1-3,6-7,9H2. The zero-order valence-corrected chi connectivity index (χ0v) is 14.2. The highest BCUT2D eigenvalue weighted by Crippen LogP contribution is 2.24. The first-order chi connectivity index (χ1) is 9.58. The summed E-state index contributed by atoms with van der Waals surface area (Å²) in [5.74, 6) is 0.176. The lowest BCUT2D eigenvalue weighted by atomic mass is 10.1. The lowest BCUT2D eigenvalue weighted by Gasteiger charge is -2.28. The van der Waals surface area contributed by atoms with Crippen molar-refractivity contribution in [2.45, 2.75) is 19.3 Å². The maximum absolute atomic E-state index is 12.1. The molecule has 1 N–H and O–H groups in total. The van der Waals surface area contributed by atoms with E-state index < -0.39 is 0 Å². The fourth-order valence-electron chi connectivity index (χ4n) is 2.10. The minimum atomic E-state index is -0.104. The van der Waals surface area contributed by atoms with Crippen molar-refractivity contribution in [3.05, 3.63) is 28.2 Å². The summed E-state index contributed by atoms with van der Waals surface area (Å²) in [6, 6.07) is 4.87. The molecule has 0 unspecified atom stereocenters. The number of carbonyl (C=O) groups is 1. The topological polar surface area (TPSA) is 40.5 Å². The monoisotopic (exact) mass is 373 g/mol. The molecule has 0 radical (unpaired) electrons. The number of aromatic hydroxyl groups is 1. The first-order valence-corrected chi connectivity index (χ1v) is 8.70. The first-order valence-electron chi connectivity index (χ1n) is 6.51. The maximum Gasteiger partial charge on any atom is 0.176 e. The van der Waals surface area contributed by atoms with Crippen molar-refractivity contribution in [3.8, 4) is 5.75 Å². The van der Waals surface area contributed by atoms with Crippen LogP contribution in [0.3, 0.4) is 0 Å². The molecule has 2 rings (SSSR count). The van der Waals surface area contributed by atoms with Gasteiger partial charge in [-0.3, -0.25) is 4.79 Å². The van der Waals surface area contributed by atoms with Crippen LogP contribution in [0.25, 0.3) is 0 Å². The van der Waals surface area contributed by atoms with Gasteiger partial charge in [-0.1, -0.05) is 39.9 Å². The van der Waals surface area contributed by atoms with Crippen LogP contribution in [0, 0.1) is 0 Å². The van der Waals surface area contributed by atoms with Gasteiger partial charge in [-0.05, 0) is 37.5 Å². The highest BCUT2D eigenvalue weighted by molar-refractivity contribution is 9.10. The summed E-state index contributed by atoms with van der Waals surface area (Å²) in [6.45, 7) is 1.98. The van der Waals surface area contributed by atoms with E-state index in [9.17, 15) is 9.90 Å². The van der Waals surface area contributed by atoms with E-state index in [1.807, 2.05) is 0 Å². The van der Waals surface area contributed by atoms with E-state index in [0.29, 0.717) is 5.56 Å². The van der Waals surface area contributed by atoms with Crippen molar-refractivity contribution in [2.24, 2.45) is 0 Å². The van der Waals surface area contributed by atoms with Crippen molar-refractivity contribution in [2.75, 3.05) is 18.8 Å². The minimum Gasteiger partial charge on any atom is -0.507 e. The number of Topliss-reactive ketones (excluding diaryl/α,β-unsaturated/α-hetero) is 1. The Morgan fingerprint density at radius 1 is 1.35 bits per heavy atom. The minimum absolute atomic E-state index is 0.0164. The van der Waals surface area contributed by atoms with E-state index in [1.165, 1.54) is 37.1 Å². The number of ketones is 1. The summed E-state index contributed by atoms with van der Waals surface area (Å²) in [4.78, 5) is 14.3. The van der Waals surface area contributed by atoms with Crippen LogP contribution >= 0.6 is 39.9 Å². The molecule has 1 aliphatic rings. The predicted molar refractivity (Wildman–Crippen MR) is 90.6 cm³/mol. The molecule has 108 valence electrons. The van der Waals surface area contributed by atoms with Gasteiger partial charge in [0.05, 0.1) is 11.3 Å². The number of phenols is 1. The Labute approximate surface area is 136 Å². The summed E-state index contributed by atoms with van der Waals surface area (Å²) < 4.78 is 1.56. The average Bonchev–Trinajstić information content (AvgIpc) is 2.47. The number of hydrogen-bond donors (Lipinski definition) is 1. The largest absolute Gasteiger partial charge is 0.507 e. The fourth-order valence-corrected chi connectivity index (χ4v) is 3.60. The van der Waals surface area contributed by atoms with E-state index in [1.54, 1.807) is 12.1 Å². The molecular weight excluding hydrogens is 358 g/mol. The number of piperidine rings is 1. The number of rotatable bonds is 3. The Balaban J connectivity index is 1.91. The highest BCUT2D eigenvalue weighted by atomic mass is 79.9. The van der Waals surface area contributed by atoms with Gasteiger partial charge < -0.3 is 10.0 Å². The molecule has 6 heteroatoms. The molecule has 0 saturated carbocycles. The Bertz CT molecular complexity index is 516. The number of thioether (sulfide) groups is 1. The average molecular weight is 374 g/mol. The molecule has 3 nitrogen and oxygen atoms in total. The van der Waals surface area contributed by atoms with Crippen LogP contribution in [0.5, 0.6) is 5.75 Å². The van der Waals surface area contributed by atoms with Crippen LogP contribution in [0.15, 0.2) is 22.7 Å². The molecule has 1 aliphatic heterocycles. The summed E-state index contributed by atoms with van der Waals surface area (Å²) in [5, 5.41) is 9.73. The van der Waals surface area contributed by atoms with E-state index >= 15 is 0 Å². The van der Waals surface area contributed by atoms with Crippen molar-refractivity contribution >= 4 is 50.0 Å². The molecule has 1 saturated heterocycles. The molecular formula is C14H16BrNO2S2. The van der Waals surface area contributed by atoms with Crippen molar-refractivity contribution in [1.29, 1.82) is 0 Å². The van der Waals surface area contributed by atoms with Gasteiger partial charge in [-0.25, -0.2) is 0 Å². The van der Waals surface area contributed by atoms with Crippen LogP contribution in [-0.4, -0.2) is 39.0 Å². The molecule has 0 aliphatic carbocycles. The van der Waals surface area contributed by atoms with Gasteiger partial charge in [-0.15, -0.1) is 0 Å². The van der Waals surface area contributed by atoms with Crippen LogP contribution in [0.1, 0.15) is 29.6 Å². The lowest BCUT2D eigenvalue weighted by Crippen LogP contribution is -2.33. The van der Waals surface area contributed by atoms with Crippen molar-refractivity contribution in [1.82, 2.24) is 4.90 Å². The third-order valence-electron chi connectivity index (χ3n) is 3.20. The second kappa shape index (κ2) is 7.43. The molecule has 1 aromatic rings. The summed E-state index contributed by atoms with van der Waals surface area (Å²) in [6.07, 6.45) is 3.59. The number of nitrogens with zero attached hydrogens (tertiary/aromatic N) is 1. The Hall–Kier alpha value is -0.590. The zero-order valence-electron chi connectivity index (χ0n) is 11.0. The number of halogens is 1. The first kappa shape index (κ1) is 15.8. The molecule has 1 aromatic carbocycles. The third-order valence-corrected chi connectivity index (χ3v) is 5.22. The van der Waals surface area contributed by atoms with Gasteiger partial charge in [0.2, 0.25) is 0 Å². The number of phenolic OH excluding ortho intramolecular Hbond substituents is 1. The normalized spacial score (nSPS) is 15.2.